The molecule has 0 saturated carbocycles. The maximum atomic E-state index is 12.2. The van der Waals surface area contributed by atoms with Crippen LogP contribution in [0.25, 0.3) is 0 Å². The summed E-state index contributed by atoms with van der Waals surface area (Å²) >= 11 is 1.71. The molecule has 0 aliphatic carbocycles. The maximum absolute atomic E-state index is 12.2. The van der Waals surface area contributed by atoms with Crippen LogP contribution < -0.4 is 10.6 Å². The van der Waals surface area contributed by atoms with Crippen LogP contribution in [0.15, 0.2) is 59.5 Å². The van der Waals surface area contributed by atoms with Gasteiger partial charge in [-0.3, -0.25) is 0 Å². The molecule has 4 heteroatoms. The second-order valence-corrected chi connectivity index (χ2v) is 6.69. The molecule has 2 aromatic carbocycles. The first-order valence-corrected chi connectivity index (χ1v) is 9.05. The fraction of sp³-hybridized carbons (Fsp3) is 0.316. The van der Waals surface area contributed by atoms with Crippen LogP contribution in [0.4, 0.5) is 4.79 Å². The average Bonchev–Trinajstić information content (AvgIpc) is 2.58. The summed E-state index contributed by atoms with van der Waals surface area (Å²) in [5, 5.41) is 6.01. The standard InChI is InChI=1S/C19H24N2OS/c1-14(2)18(16-7-5-4-6-8-16)21-19(22)20-13-15-9-11-17(23-3)12-10-15/h4-12,14,18H,13H2,1-3H3,(H2,20,21,22). The molecule has 122 valence electrons. The normalized spacial score (nSPS) is 12.0. The number of amides is 2. The zero-order valence-electron chi connectivity index (χ0n) is 13.9. The van der Waals surface area contributed by atoms with Crippen LogP contribution in [-0.4, -0.2) is 12.3 Å². The first-order valence-electron chi connectivity index (χ1n) is 7.82. The van der Waals surface area contributed by atoms with Gasteiger partial charge in [-0.2, -0.15) is 0 Å². The van der Waals surface area contributed by atoms with E-state index in [9.17, 15) is 4.79 Å². The predicted octanol–water partition coefficient (Wildman–Crippen LogP) is 4.61. The number of nitrogens with one attached hydrogen (secondary N) is 2. The molecular weight excluding hydrogens is 304 g/mol. The second kappa shape index (κ2) is 8.63. The number of benzene rings is 2. The van der Waals surface area contributed by atoms with E-state index in [4.69, 9.17) is 0 Å². The minimum Gasteiger partial charge on any atom is -0.334 e. The first kappa shape index (κ1) is 17.4. The molecule has 1 atom stereocenters. The third-order valence-corrected chi connectivity index (χ3v) is 4.47. The number of carbonyl (C=O) groups excluding carboxylic acids is 1. The number of carbonyl (C=O) groups is 1. The van der Waals surface area contributed by atoms with E-state index in [1.165, 1.54) is 4.90 Å². The van der Waals surface area contributed by atoms with Gasteiger partial charge in [0.25, 0.3) is 0 Å². The van der Waals surface area contributed by atoms with Crippen LogP contribution in [0.5, 0.6) is 0 Å². The molecular formula is C19H24N2OS. The molecule has 0 saturated heterocycles. The second-order valence-electron chi connectivity index (χ2n) is 5.81. The Morgan fingerprint density at radius 2 is 1.70 bits per heavy atom. The van der Waals surface area contributed by atoms with Crippen LogP contribution in [0.3, 0.4) is 0 Å². The van der Waals surface area contributed by atoms with Crippen LogP contribution >= 0.6 is 11.8 Å². The smallest absolute Gasteiger partial charge is 0.315 e. The van der Waals surface area contributed by atoms with Gasteiger partial charge >= 0.3 is 6.03 Å². The zero-order valence-corrected chi connectivity index (χ0v) is 14.7. The summed E-state index contributed by atoms with van der Waals surface area (Å²) in [6.07, 6.45) is 2.05. The monoisotopic (exact) mass is 328 g/mol. The van der Waals surface area contributed by atoms with Crippen molar-refractivity contribution in [3.8, 4) is 0 Å². The van der Waals surface area contributed by atoms with Gasteiger partial charge in [0.1, 0.15) is 0 Å². The van der Waals surface area contributed by atoms with Crippen molar-refractivity contribution in [1.82, 2.24) is 10.6 Å². The van der Waals surface area contributed by atoms with E-state index in [1.54, 1.807) is 11.8 Å². The van der Waals surface area contributed by atoms with Gasteiger partial charge in [-0.05, 0) is 35.4 Å². The maximum Gasteiger partial charge on any atom is 0.315 e. The van der Waals surface area contributed by atoms with Crippen molar-refractivity contribution in [3.05, 3.63) is 65.7 Å². The highest BCUT2D eigenvalue weighted by Crippen LogP contribution is 2.21. The van der Waals surface area contributed by atoms with Crippen LogP contribution in [-0.2, 0) is 6.54 Å². The Bertz CT molecular complexity index is 611. The highest BCUT2D eigenvalue weighted by molar-refractivity contribution is 7.98. The summed E-state index contributed by atoms with van der Waals surface area (Å²) in [6, 6.07) is 18.2. The van der Waals surface area contributed by atoms with E-state index in [-0.39, 0.29) is 12.1 Å². The summed E-state index contributed by atoms with van der Waals surface area (Å²) in [6.45, 7) is 4.75. The van der Waals surface area contributed by atoms with Crippen molar-refractivity contribution in [3.63, 3.8) is 0 Å². The molecule has 1 unspecified atom stereocenters. The summed E-state index contributed by atoms with van der Waals surface area (Å²) in [7, 11) is 0. The Morgan fingerprint density at radius 1 is 1.04 bits per heavy atom. The third kappa shape index (κ3) is 5.32. The zero-order chi connectivity index (χ0) is 16.7. The average molecular weight is 328 g/mol. The van der Waals surface area contributed by atoms with Crippen molar-refractivity contribution in [2.75, 3.05) is 6.26 Å². The Hall–Kier alpha value is -1.94. The van der Waals surface area contributed by atoms with Gasteiger partial charge in [0.05, 0.1) is 6.04 Å². The minimum absolute atomic E-state index is 0.00932. The lowest BCUT2D eigenvalue weighted by molar-refractivity contribution is 0.232. The van der Waals surface area contributed by atoms with E-state index in [0.717, 1.165) is 11.1 Å². The Kier molecular flexibility index (Phi) is 6.53. The van der Waals surface area contributed by atoms with Crippen LogP contribution in [0.1, 0.15) is 31.0 Å². The summed E-state index contributed by atoms with van der Waals surface area (Å²) in [5.41, 5.74) is 2.22. The van der Waals surface area contributed by atoms with Gasteiger partial charge in [0.15, 0.2) is 0 Å². The Morgan fingerprint density at radius 3 is 2.26 bits per heavy atom. The lowest BCUT2D eigenvalue weighted by Gasteiger charge is -2.23. The van der Waals surface area contributed by atoms with Gasteiger partial charge in [-0.15, -0.1) is 11.8 Å². The predicted molar refractivity (Wildman–Crippen MR) is 97.6 cm³/mol. The number of thioether (sulfide) groups is 1. The van der Waals surface area contributed by atoms with E-state index in [2.05, 4.69) is 42.9 Å². The molecule has 0 fully saturated rings. The molecule has 0 spiro atoms. The largest absolute Gasteiger partial charge is 0.334 e. The molecule has 2 aromatic rings. The SMILES string of the molecule is CSc1ccc(CNC(=O)NC(c2ccccc2)C(C)C)cc1. The van der Waals surface area contributed by atoms with E-state index in [1.807, 2.05) is 42.5 Å². The molecule has 23 heavy (non-hydrogen) atoms. The van der Waals surface area contributed by atoms with E-state index < -0.39 is 0 Å². The molecule has 0 aromatic heterocycles. The molecule has 3 nitrogen and oxygen atoms in total. The van der Waals surface area contributed by atoms with Gasteiger partial charge in [-0.25, -0.2) is 4.79 Å². The minimum atomic E-state index is -0.138. The molecule has 0 radical (unpaired) electrons. The Labute approximate surface area is 142 Å². The fourth-order valence-corrected chi connectivity index (χ4v) is 2.82. The van der Waals surface area contributed by atoms with Crippen molar-refractivity contribution in [2.24, 2.45) is 5.92 Å². The van der Waals surface area contributed by atoms with Gasteiger partial charge < -0.3 is 10.6 Å². The molecule has 2 N–H and O–H groups in total. The molecule has 0 aliphatic heterocycles. The molecule has 0 aliphatic rings. The number of rotatable bonds is 6. The molecule has 2 amide bonds. The van der Waals surface area contributed by atoms with Gasteiger partial charge in [0.2, 0.25) is 0 Å². The highest BCUT2D eigenvalue weighted by Gasteiger charge is 2.17. The highest BCUT2D eigenvalue weighted by atomic mass is 32.2. The van der Waals surface area contributed by atoms with Crippen LogP contribution in [0.2, 0.25) is 0 Å². The third-order valence-electron chi connectivity index (χ3n) is 3.72. The van der Waals surface area contributed by atoms with Crippen molar-refractivity contribution >= 4 is 17.8 Å². The molecule has 0 heterocycles. The fourth-order valence-electron chi connectivity index (χ4n) is 2.41. The molecule has 2 rings (SSSR count). The van der Waals surface area contributed by atoms with Crippen molar-refractivity contribution in [1.29, 1.82) is 0 Å². The van der Waals surface area contributed by atoms with E-state index in [0.29, 0.717) is 12.5 Å². The quantitative estimate of drug-likeness (QED) is 0.761. The molecule has 0 bridgehead atoms. The summed E-state index contributed by atoms with van der Waals surface area (Å²) in [5.74, 6) is 0.323. The van der Waals surface area contributed by atoms with Gasteiger partial charge in [0, 0.05) is 11.4 Å². The Balaban J connectivity index is 1.91. The van der Waals surface area contributed by atoms with Gasteiger partial charge in [-0.1, -0.05) is 56.3 Å². The summed E-state index contributed by atoms with van der Waals surface area (Å²) in [4.78, 5) is 13.4. The van der Waals surface area contributed by atoms with Crippen molar-refractivity contribution < 1.29 is 4.79 Å². The first-order chi connectivity index (χ1) is 11.1. The summed E-state index contributed by atoms with van der Waals surface area (Å²) < 4.78 is 0. The van der Waals surface area contributed by atoms with E-state index >= 15 is 0 Å². The number of hydrogen-bond acceptors (Lipinski definition) is 2. The lowest BCUT2D eigenvalue weighted by atomic mass is 9.96. The number of urea groups is 1. The lowest BCUT2D eigenvalue weighted by Crippen LogP contribution is -2.39. The van der Waals surface area contributed by atoms with Crippen LogP contribution in [0, 0.1) is 5.92 Å². The number of hydrogen-bond donors (Lipinski definition) is 2. The van der Waals surface area contributed by atoms with Crippen molar-refractivity contribution in [2.45, 2.75) is 31.3 Å². The topological polar surface area (TPSA) is 41.1 Å².